The highest BCUT2D eigenvalue weighted by molar-refractivity contribution is 5.79. The standard InChI is InChI=1S/C17H20F3NO3/c18-17(19,20)13-3-1-11(2-4-13)15-9-14(22)10-21(15)16(23)12-5-7-24-8-6-12/h1-4,12,14-15,22H,5-10H2. The lowest BCUT2D eigenvalue weighted by Gasteiger charge is -2.30. The average molecular weight is 343 g/mol. The summed E-state index contributed by atoms with van der Waals surface area (Å²) < 4.78 is 43.3. The van der Waals surface area contributed by atoms with Gasteiger partial charge in [-0.1, -0.05) is 12.1 Å². The second kappa shape index (κ2) is 6.72. The Morgan fingerprint density at radius 1 is 1.17 bits per heavy atom. The van der Waals surface area contributed by atoms with Crippen molar-refractivity contribution in [1.29, 1.82) is 0 Å². The van der Waals surface area contributed by atoms with Gasteiger partial charge in [0.05, 0.1) is 17.7 Å². The van der Waals surface area contributed by atoms with Crippen molar-refractivity contribution in [3.05, 3.63) is 35.4 Å². The van der Waals surface area contributed by atoms with Gasteiger partial charge in [-0.05, 0) is 37.0 Å². The van der Waals surface area contributed by atoms with E-state index < -0.39 is 17.8 Å². The summed E-state index contributed by atoms with van der Waals surface area (Å²) in [6.07, 6.45) is -3.40. The fraction of sp³-hybridized carbons (Fsp3) is 0.588. The summed E-state index contributed by atoms with van der Waals surface area (Å²) in [6.45, 7) is 1.30. The molecule has 1 N–H and O–H groups in total. The minimum absolute atomic E-state index is 0.0419. The Balaban J connectivity index is 1.78. The van der Waals surface area contributed by atoms with E-state index in [1.54, 1.807) is 4.90 Å². The molecule has 4 nitrogen and oxygen atoms in total. The van der Waals surface area contributed by atoms with E-state index in [0.29, 0.717) is 38.0 Å². The monoisotopic (exact) mass is 343 g/mol. The maximum absolute atomic E-state index is 12.7. The minimum Gasteiger partial charge on any atom is -0.391 e. The fourth-order valence-electron chi connectivity index (χ4n) is 3.45. The molecule has 2 atom stereocenters. The number of carbonyl (C=O) groups excluding carboxylic acids is 1. The lowest BCUT2D eigenvalue weighted by Crippen LogP contribution is -2.38. The van der Waals surface area contributed by atoms with Crippen molar-refractivity contribution in [3.63, 3.8) is 0 Å². The number of ether oxygens (including phenoxy) is 1. The van der Waals surface area contributed by atoms with E-state index in [-0.39, 0.29) is 24.4 Å². The van der Waals surface area contributed by atoms with Crippen molar-refractivity contribution >= 4 is 5.91 Å². The number of nitrogens with zero attached hydrogens (tertiary/aromatic N) is 1. The smallest absolute Gasteiger partial charge is 0.391 e. The molecule has 0 radical (unpaired) electrons. The molecule has 3 rings (SSSR count). The highest BCUT2D eigenvalue weighted by Gasteiger charge is 2.39. The Labute approximate surface area is 138 Å². The van der Waals surface area contributed by atoms with Crippen molar-refractivity contribution in [2.75, 3.05) is 19.8 Å². The minimum atomic E-state index is -4.38. The average Bonchev–Trinajstić information content (AvgIpc) is 2.96. The Morgan fingerprint density at radius 2 is 1.79 bits per heavy atom. The second-order valence-electron chi connectivity index (χ2n) is 6.40. The van der Waals surface area contributed by atoms with Gasteiger partial charge < -0.3 is 14.7 Å². The van der Waals surface area contributed by atoms with Crippen molar-refractivity contribution in [3.8, 4) is 0 Å². The molecule has 1 aromatic rings. The van der Waals surface area contributed by atoms with Gasteiger partial charge in [0, 0.05) is 25.7 Å². The molecule has 1 amide bonds. The molecule has 0 saturated carbocycles. The molecule has 132 valence electrons. The summed E-state index contributed by atoms with van der Waals surface area (Å²) in [5, 5.41) is 9.96. The lowest BCUT2D eigenvalue weighted by molar-refractivity contribution is -0.140. The number of carbonyl (C=O) groups is 1. The number of hydrogen-bond donors (Lipinski definition) is 1. The van der Waals surface area contributed by atoms with E-state index in [9.17, 15) is 23.1 Å². The third kappa shape index (κ3) is 3.57. The summed E-state index contributed by atoms with van der Waals surface area (Å²) in [7, 11) is 0. The van der Waals surface area contributed by atoms with Crippen LogP contribution in [0.25, 0.3) is 0 Å². The van der Waals surface area contributed by atoms with Crippen molar-refractivity contribution in [2.45, 2.75) is 37.6 Å². The number of aliphatic hydroxyl groups excluding tert-OH is 1. The zero-order chi connectivity index (χ0) is 17.3. The van der Waals surface area contributed by atoms with Crippen LogP contribution in [0.1, 0.15) is 36.4 Å². The van der Waals surface area contributed by atoms with E-state index >= 15 is 0 Å². The highest BCUT2D eigenvalue weighted by atomic mass is 19.4. The van der Waals surface area contributed by atoms with E-state index in [1.165, 1.54) is 12.1 Å². The van der Waals surface area contributed by atoms with E-state index in [1.807, 2.05) is 0 Å². The second-order valence-corrected chi connectivity index (χ2v) is 6.40. The Bertz CT molecular complexity index is 582. The van der Waals surface area contributed by atoms with Crippen LogP contribution in [0.15, 0.2) is 24.3 Å². The maximum atomic E-state index is 12.7. The summed E-state index contributed by atoms with van der Waals surface area (Å²) in [6, 6.07) is 4.47. The maximum Gasteiger partial charge on any atom is 0.416 e. The van der Waals surface area contributed by atoms with Gasteiger partial charge in [0.25, 0.3) is 0 Å². The molecule has 2 unspecified atom stereocenters. The van der Waals surface area contributed by atoms with Gasteiger partial charge in [0.15, 0.2) is 0 Å². The first-order valence-electron chi connectivity index (χ1n) is 8.09. The largest absolute Gasteiger partial charge is 0.416 e. The molecule has 2 aliphatic rings. The third-order valence-electron chi connectivity index (χ3n) is 4.76. The van der Waals surface area contributed by atoms with Crippen LogP contribution in [0.3, 0.4) is 0 Å². The quantitative estimate of drug-likeness (QED) is 0.898. The number of amides is 1. The summed E-state index contributed by atoms with van der Waals surface area (Å²) >= 11 is 0. The lowest BCUT2D eigenvalue weighted by atomic mass is 9.96. The number of hydrogen-bond acceptors (Lipinski definition) is 3. The summed E-state index contributed by atoms with van der Waals surface area (Å²) in [5.74, 6) is -0.180. The van der Waals surface area contributed by atoms with E-state index in [4.69, 9.17) is 4.74 Å². The molecule has 24 heavy (non-hydrogen) atoms. The first-order valence-corrected chi connectivity index (χ1v) is 8.09. The number of alkyl halides is 3. The number of benzene rings is 1. The number of halogens is 3. The normalized spacial score (nSPS) is 25.9. The Hall–Kier alpha value is -1.60. The zero-order valence-corrected chi connectivity index (χ0v) is 13.1. The molecule has 2 heterocycles. The first kappa shape index (κ1) is 17.2. The number of β-amino-alcohol motifs (C(OH)–C–C–N with tert-alkyl or cyclic N) is 1. The van der Waals surface area contributed by atoms with Crippen LogP contribution < -0.4 is 0 Å². The van der Waals surface area contributed by atoms with Crippen LogP contribution >= 0.6 is 0 Å². The van der Waals surface area contributed by atoms with Crippen LogP contribution in [0, 0.1) is 5.92 Å². The Morgan fingerprint density at radius 3 is 2.38 bits per heavy atom. The molecule has 0 spiro atoms. The molecule has 1 aromatic carbocycles. The van der Waals surface area contributed by atoms with Gasteiger partial charge >= 0.3 is 6.18 Å². The summed E-state index contributed by atoms with van der Waals surface area (Å²) in [4.78, 5) is 14.3. The van der Waals surface area contributed by atoms with Crippen LogP contribution in [0.5, 0.6) is 0 Å². The van der Waals surface area contributed by atoms with Gasteiger partial charge in [-0.15, -0.1) is 0 Å². The van der Waals surface area contributed by atoms with Crippen LogP contribution in [0.4, 0.5) is 13.2 Å². The molecular formula is C17H20F3NO3. The Kier molecular flexibility index (Phi) is 4.83. The predicted octanol–water partition coefficient (Wildman–Crippen LogP) is 2.77. The first-order chi connectivity index (χ1) is 11.4. The van der Waals surface area contributed by atoms with Gasteiger partial charge in [0.2, 0.25) is 5.91 Å². The fourth-order valence-corrected chi connectivity index (χ4v) is 3.45. The molecule has 0 aromatic heterocycles. The van der Waals surface area contributed by atoms with Gasteiger partial charge in [-0.2, -0.15) is 13.2 Å². The molecule has 0 bridgehead atoms. The topological polar surface area (TPSA) is 49.8 Å². The molecule has 7 heteroatoms. The van der Waals surface area contributed by atoms with Crippen LogP contribution in [-0.2, 0) is 15.7 Å². The van der Waals surface area contributed by atoms with Crippen molar-refractivity contribution in [2.24, 2.45) is 5.92 Å². The highest BCUT2D eigenvalue weighted by Crippen LogP contribution is 2.36. The SMILES string of the molecule is O=C(C1CCOCC1)N1CC(O)CC1c1ccc(C(F)(F)F)cc1. The van der Waals surface area contributed by atoms with Gasteiger partial charge in [-0.3, -0.25) is 4.79 Å². The summed E-state index contributed by atoms with van der Waals surface area (Å²) in [5.41, 5.74) is -0.0907. The molecule has 0 aliphatic carbocycles. The number of likely N-dealkylation sites (tertiary alicyclic amines) is 1. The molecular weight excluding hydrogens is 323 g/mol. The van der Waals surface area contributed by atoms with Gasteiger partial charge in [-0.25, -0.2) is 0 Å². The van der Waals surface area contributed by atoms with Gasteiger partial charge in [0.1, 0.15) is 0 Å². The molecule has 2 fully saturated rings. The zero-order valence-electron chi connectivity index (χ0n) is 13.1. The third-order valence-corrected chi connectivity index (χ3v) is 4.76. The van der Waals surface area contributed by atoms with E-state index in [2.05, 4.69) is 0 Å². The van der Waals surface area contributed by atoms with E-state index in [0.717, 1.165) is 12.1 Å². The molecule has 2 saturated heterocycles. The van der Waals surface area contributed by atoms with Crippen LogP contribution in [0.2, 0.25) is 0 Å². The predicted molar refractivity (Wildman–Crippen MR) is 80.1 cm³/mol. The number of rotatable bonds is 2. The van der Waals surface area contributed by atoms with Crippen molar-refractivity contribution in [1.82, 2.24) is 4.90 Å². The molecule has 2 aliphatic heterocycles. The van der Waals surface area contributed by atoms with Crippen molar-refractivity contribution < 1.29 is 27.8 Å². The number of aliphatic hydroxyl groups is 1. The van der Waals surface area contributed by atoms with Crippen LogP contribution in [-0.4, -0.2) is 41.8 Å².